The lowest BCUT2D eigenvalue weighted by molar-refractivity contribution is 0.100. The normalized spacial score (nSPS) is 19.3. The van der Waals surface area contributed by atoms with Gasteiger partial charge in [-0.15, -0.1) is 0 Å². The lowest BCUT2D eigenvalue weighted by atomic mass is 10.1. The van der Waals surface area contributed by atoms with Crippen LogP contribution in [0.5, 0.6) is 0 Å². The SMILES string of the molecule is NC(=O)c1ccc(-c2nc3c([nH]2)CN(C2CCN(c4ccccc4)C2)CC3)cc1. The number of carbonyl (C=O) groups excluding carboxylic acids is 1. The summed E-state index contributed by atoms with van der Waals surface area (Å²) in [4.78, 5) is 24.7. The molecule has 2 aromatic carbocycles. The van der Waals surface area contributed by atoms with Crippen molar-refractivity contribution in [1.82, 2.24) is 14.9 Å². The van der Waals surface area contributed by atoms with E-state index in [1.807, 2.05) is 12.1 Å². The fourth-order valence-corrected chi connectivity index (χ4v) is 4.47. The second-order valence-electron chi connectivity index (χ2n) is 7.90. The number of hydrogen-bond donors (Lipinski definition) is 2. The van der Waals surface area contributed by atoms with E-state index < -0.39 is 5.91 Å². The molecule has 0 bridgehead atoms. The first-order chi connectivity index (χ1) is 14.2. The highest BCUT2D eigenvalue weighted by molar-refractivity contribution is 5.93. The molecule has 1 unspecified atom stereocenters. The highest BCUT2D eigenvalue weighted by atomic mass is 16.1. The van der Waals surface area contributed by atoms with Gasteiger partial charge in [0, 0.05) is 55.5 Å². The quantitative estimate of drug-likeness (QED) is 0.722. The van der Waals surface area contributed by atoms with Crippen molar-refractivity contribution < 1.29 is 4.79 Å². The monoisotopic (exact) mass is 387 g/mol. The topological polar surface area (TPSA) is 78.2 Å². The van der Waals surface area contributed by atoms with Crippen LogP contribution in [0.4, 0.5) is 5.69 Å². The summed E-state index contributed by atoms with van der Waals surface area (Å²) < 4.78 is 0. The second kappa shape index (κ2) is 7.37. The van der Waals surface area contributed by atoms with Crippen LogP contribution in [0.1, 0.15) is 28.2 Å². The van der Waals surface area contributed by atoms with Gasteiger partial charge in [0.05, 0.1) is 11.4 Å². The molecular formula is C23H25N5O. The van der Waals surface area contributed by atoms with Crippen molar-refractivity contribution in [3.05, 3.63) is 71.5 Å². The Morgan fingerprint density at radius 3 is 2.62 bits per heavy atom. The van der Waals surface area contributed by atoms with Crippen molar-refractivity contribution in [3.63, 3.8) is 0 Å². The molecule has 29 heavy (non-hydrogen) atoms. The first-order valence-electron chi connectivity index (χ1n) is 10.2. The number of para-hydroxylation sites is 1. The van der Waals surface area contributed by atoms with Gasteiger partial charge < -0.3 is 15.6 Å². The molecule has 1 saturated heterocycles. The second-order valence-corrected chi connectivity index (χ2v) is 7.90. The largest absolute Gasteiger partial charge is 0.370 e. The number of fused-ring (bicyclic) bond motifs is 1. The van der Waals surface area contributed by atoms with Crippen LogP contribution in [0, 0.1) is 0 Å². The molecule has 5 rings (SSSR count). The van der Waals surface area contributed by atoms with Crippen molar-refractivity contribution in [2.45, 2.75) is 25.4 Å². The average molecular weight is 387 g/mol. The molecule has 2 aliphatic rings. The number of imidazole rings is 1. The molecule has 0 saturated carbocycles. The highest BCUT2D eigenvalue weighted by Gasteiger charge is 2.31. The van der Waals surface area contributed by atoms with E-state index in [4.69, 9.17) is 10.7 Å². The predicted octanol–water partition coefficient (Wildman–Crippen LogP) is 2.81. The van der Waals surface area contributed by atoms with Crippen LogP contribution in [-0.2, 0) is 13.0 Å². The van der Waals surface area contributed by atoms with Crippen LogP contribution in [0.3, 0.4) is 0 Å². The maximum Gasteiger partial charge on any atom is 0.248 e. The Balaban J connectivity index is 1.29. The number of carbonyl (C=O) groups is 1. The van der Waals surface area contributed by atoms with E-state index in [9.17, 15) is 4.79 Å². The number of aromatic nitrogens is 2. The van der Waals surface area contributed by atoms with Crippen LogP contribution < -0.4 is 10.6 Å². The van der Waals surface area contributed by atoms with Gasteiger partial charge in [-0.25, -0.2) is 4.98 Å². The number of H-pyrrole nitrogens is 1. The minimum Gasteiger partial charge on any atom is -0.370 e. The van der Waals surface area contributed by atoms with Crippen LogP contribution in [0.25, 0.3) is 11.4 Å². The van der Waals surface area contributed by atoms with Crippen molar-refractivity contribution in [1.29, 1.82) is 0 Å². The molecule has 3 heterocycles. The summed E-state index contributed by atoms with van der Waals surface area (Å²) in [6.45, 7) is 4.15. The number of benzene rings is 2. The van der Waals surface area contributed by atoms with E-state index in [0.717, 1.165) is 49.7 Å². The Kier molecular flexibility index (Phi) is 4.56. The molecule has 1 atom stereocenters. The van der Waals surface area contributed by atoms with E-state index in [0.29, 0.717) is 11.6 Å². The zero-order valence-corrected chi connectivity index (χ0v) is 16.3. The van der Waals surface area contributed by atoms with Crippen LogP contribution >= 0.6 is 0 Å². The Labute approximate surface area is 170 Å². The average Bonchev–Trinajstić information content (AvgIpc) is 3.41. The Bertz CT molecular complexity index is 1010. The van der Waals surface area contributed by atoms with Crippen molar-refractivity contribution >= 4 is 11.6 Å². The zero-order chi connectivity index (χ0) is 19.8. The molecular weight excluding hydrogens is 362 g/mol. The van der Waals surface area contributed by atoms with Gasteiger partial charge in [-0.05, 0) is 30.7 Å². The summed E-state index contributed by atoms with van der Waals surface area (Å²) >= 11 is 0. The molecule has 0 spiro atoms. The lowest BCUT2D eigenvalue weighted by Gasteiger charge is -2.31. The standard InChI is InChI=1S/C23H25N5O/c24-22(29)16-6-8-17(9-7-16)23-25-20-11-13-28(15-21(20)26-23)19-10-12-27(14-19)18-4-2-1-3-5-18/h1-9,19H,10-15H2,(H2,24,29)(H,25,26). The van der Waals surface area contributed by atoms with Crippen LogP contribution in [-0.4, -0.2) is 46.5 Å². The van der Waals surface area contributed by atoms with Gasteiger partial charge in [0.1, 0.15) is 5.82 Å². The first kappa shape index (κ1) is 17.9. The number of amides is 1. The number of nitrogens with zero attached hydrogens (tertiary/aromatic N) is 3. The smallest absolute Gasteiger partial charge is 0.248 e. The van der Waals surface area contributed by atoms with Crippen LogP contribution in [0.2, 0.25) is 0 Å². The van der Waals surface area contributed by atoms with Gasteiger partial charge >= 0.3 is 0 Å². The van der Waals surface area contributed by atoms with Crippen molar-refractivity contribution in [2.24, 2.45) is 5.73 Å². The fraction of sp³-hybridized carbons (Fsp3) is 0.304. The van der Waals surface area contributed by atoms with Crippen molar-refractivity contribution in [3.8, 4) is 11.4 Å². The van der Waals surface area contributed by atoms with E-state index in [1.165, 1.54) is 17.8 Å². The molecule has 1 aromatic heterocycles. The molecule has 3 aromatic rings. The fourth-order valence-electron chi connectivity index (χ4n) is 4.47. The van der Waals surface area contributed by atoms with Crippen LogP contribution in [0.15, 0.2) is 54.6 Å². The summed E-state index contributed by atoms with van der Waals surface area (Å²) in [5.41, 5.74) is 10.5. The third-order valence-electron chi connectivity index (χ3n) is 6.11. The minimum absolute atomic E-state index is 0.410. The van der Waals surface area contributed by atoms with Gasteiger partial charge in [0.25, 0.3) is 0 Å². The summed E-state index contributed by atoms with van der Waals surface area (Å²) in [6.07, 6.45) is 2.16. The molecule has 1 fully saturated rings. The van der Waals surface area contributed by atoms with Gasteiger partial charge in [0.15, 0.2) is 0 Å². The number of anilines is 1. The molecule has 6 heteroatoms. The minimum atomic E-state index is -0.410. The van der Waals surface area contributed by atoms with E-state index >= 15 is 0 Å². The maximum absolute atomic E-state index is 11.3. The highest BCUT2D eigenvalue weighted by Crippen LogP contribution is 2.28. The molecule has 148 valence electrons. The lowest BCUT2D eigenvalue weighted by Crippen LogP contribution is -2.41. The van der Waals surface area contributed by atoms with Gasteiger partial charge in [-0.2, -0.15) is 0 Å². The first-order valence-corrected chi connectivity index (χ1v) is 10.2. The van der Waals surface area contributed by atoms with E-state index in [2.05, 4.69) is 45.1 Å². The Hall–Kier alpha value is -3.12. The predicted molar refractivity (Wildman–Crippen MR) is 114 cm³/mol. The molecule has 1 amide bonds. The molecule has 2 aliphatic heterocycles. The third kappa shape index (κ3) is 3.51. The third-order valence-corrected chi connectivity index (χ3v) is 6.11. The maximum atomic E-state index is 11.3. The summed E-state index contributed by atoms with van der Waals surface area (Å²) in [6, 6.07) is 18.6. The van der Waals surface area contributed by atoms with E-state index in [-0.39, 0.29) is 0 Å². The van der Waals surface area contributed by atoms with Crippen molar-refractivity contribution in [2.75, 3.05) is 24.5 Å². The Morgan fingerprint density at radius 2 is 1.86 bits per heavy atom. The Morgan fingerprint density at radius 1 is 1.07 bits per heavy atom. The number of primary amides is 1. The molecule has 6 nitrogen and oxygen atoms in total. The molecule has 0 aliphatic carbocycles. The van der Waals surface area contributed by atoms with Gasteiger partial charge in [0.2, 0.25) is 5.91 Å². The number of rotatable bonds is 4. The number of nitrogens with two attached hydrogens (primary N) is 1. The number of hydrogen-bond acceptors (Lipinski definition) is 4. The van der Waals surface area contributed by atoms with E-state index in [1.54, 1.807) is 12.1 Å². The summed E-state index contributed by atoms with van der Waals surface area (Å²) in [5.74, 6) is 0.456. The number of aromatic amines is 1. The van der Waals surface area contributed by atoms with Gasteiger partial charge in [-0.3, -0.25) is 9.69 Å². The zero-order valence-electron chi connectivity index (χ0n) is 16.3. The summed E-state index contributed by atoms with van der Waals surface area (Å²) in [5, 5.41) is 0. The van der Waals surface area contributed by atoms with Gasteiger partial charge in [-0.1, -0.05) is 30.3 Å². The number of nitrogens with one attached hydrogen (secondary N) is 1. The molecule has 0 radical (unpaired) electrons. The summed E-state index contributed by atoms with van der Waals surface area (Å²) in [7, 11) is 0. The molecule has 3 N–H and O–H groups in total.